The van der Waals surface area contributed by atoms with Crippen molar-refractivity contribution in [3.05, 3.63) is 120 Å². The van der Waals surface area contributed by atoms with E-state index in [1.807, 2.05) is 91.9 Å². The number of carbonyl (C=O) groups is 2. The molecule has 6 nitrogen and oxygen atoms in total. The van der Waals surface area contributed by atoms with E-state index in [4.69, 9.17) is 9.47 Å². The summed E-state index contributed by atoms with van der Waals surface area (Å²) in [6.07, 6.45) is 0.653. The van der Waals surface area contributed by atoms with Crippen LogP contribution in [0.1, 0.15) is 29.0 Å². The number of benzene rings is 4. The van der Waals surface area contributed by atoms with E-state index in [9.17, 15) is 9.59 Å². The van der Waals surface area contributed by atoms with Crippen LogP contribution in [-0.4, -0.2) is 31.6 Å². The third-order valence-electron chi connectivity index (χ3n) is 6.51. The highest BCUT2D eigenvalue weighted by Gasteiger charge is 2.27. The third kappa shape index (κ3) is 5.86. The zero-order chi connectivity index (χ0) is 26.3. The van der Waals surface area contributed by atoms with Crippen molar-refractivity contribution >= 4 is 23.2 Å². The second kappa shape index (κ2) is 11.6. The summed E-state index contributed by atoms with van der Waals surface area (Å²) in [5, 5.41) is 3.06. The zero-order valence-electron chi connectivity index (χ0n) is 21.3. The van der Waals surface area contributed by atoms with Crippen LogP contribution >= 0.6 is 0 Å². The molecule has 2 amide bonds. The first-order chi connectivity index (χ1) is 18.6. The van der Waals surface area contributed by atoms with Gasteiger partial charge in [0.2, 0.25) is 5.91 Å². The van der Waals surface area contributed by atoms with Crippen molar-refractivity contribution in [3.8, 4) is 11.5 Å². The Bertz CT molecular complexity index is 1350. The maximum Gasteiger partial charge on any atom is 0.265 e. The number of carbonyl (C=O) groups excluding carboxylic acids is 2. The Morgan fingerprint density at radius 2 is 1.58 bits per heavy atom. The molecule has 192 valence electrons. The normalized spacial score (nSPS) is 12.6. The van der Waals surface area contributed by atoms with Crippen molar-refractivity contribution in [1.29, 1.82) is 0 Å². The number of aryl methyl sites for hydroxylation is 1. The van der Waals surface area contributed by atoms with Gasteiger partial charge in [0.25, 0.3) is 5.91 Å². The average molecular weight is 507 g/mol. The van der Waals surface area contributed by atoms with Crippen LogP contribution in [0.15, 0.2) is 103 Å². The Morgan fingerprint density at radius 3 is 2.24 bits per heavy atom. The van der Waals surface area contributed by atoms with Crippen LogP contribution in [0.4, 0.5) is 11.4 Å². The Morgan fingerprint density at radius 1 is 0.921 bits per heavy atom. The predicted molar refractivity (Wildman–Crippen MR) is 149 cm³/mol. The summed E-state index contributed by atoms with van der Waals surface area (Å²) in [6.45, 7) is 2.98. The third-order valence-corrected chi connectivity index (χ3v) is 6.51. The fourth-order valence-electron chi connectivity index (χ4n) is 4.57. The van der Waals surface area contributed by atoms with E-state index in [1.165, 1.54) is 5.56 Å². The monoisotopic (exact) mass is 506 g/mol. The van der Waals surface area contributed by atoms with Gasteiger partial charge in [-0.3, -0.25) is 9.59 Å². The second-order valence-corrected chi connectivity index (χ2v) is 9.28. The van der Waals surface area contributed by atoms with Crippen LogP contribution < -0.4 is 19.7 Å². The Balaban J connectivity index is 1.30. The fraction of sp³-hybridized carbons (Fsp3) is 0.188. The molecule has 0 atom stereocenters. The first kappa shape index (κ1) is 25.1. The Kier molecular flexibility index (Phi) is 7.69. The van der Waals surface area contributed by atoms with Crippen LogP contribution in [0, 0.1) is 6.92 Å². The lowest BCUT2D eigenvalue weighted by atomic mass is 9.90. The van der Waals surface area contributed by atoms with Crippen molar-refractivity contribution in [3.63, 3.8) is 0 Å². The first-order valence-electron chi connectivity index (χ1n) is 12.8. The van der Waals surface area contributed by atoms with Gasteiger partial charge in [0, 0.05) is 12.2 Å². The van der Waals surface area contributed by atoms with E-state index in [0.717, 1.165) is 16.9 Å². The second-order valence-electron chi connectivity index (χ2n) is 9.28. The van der Waals surface area contributed by atoms with Gasteiger partial charge in [0.1, 0.15) is 11.5 Å². The summed E-state index contributed by atoms with van der Waals surface area (Å²) in [5.41, 5.74) is 4.23. The number of ether oxygens (including phenoxy) is 2. The molecule has 4 aromatic carbocycles. The van der Waals surface area contributed by atoms with E-state index < -0.39 is 5.92 Å². The number of hydrogen-bond acceptors (Lipinski definition) is 4. The highest BCUT2D eigenvalue weighted by atomic mass is 16.5. The minimum atomic E-state index is -0.471. The Hall–Kier alpha value is -4.58. The summed E-state index contributed by atoms with van der Waals surface area (Å²) < 4.78 is 11.5. The van der Waals surface area contributed by atoms with Crippen LogP contribution in [-0.2, 0) is 9.59 Å². The maximum absolute atomic E-state index is 13.6. The number of fused-ring (bicyclic) bond motifs is 1. The first-order valence-corrected chi connectivity index (χ1v) is 12.8. The molecule has 0 unspecified atom stereocenters. The lowest BCUT2D eigenvalue weighted by Gasteiger charge is -2.30. The molecule has 0 radical (unpaired) electrons. The van der Waals surface area contributed by atoms with Crippen LogP contribution in [0.25, 0.3) is 0 Å². The minimum absolute atomic E-state index is 0.0123. The molecule has 1 aliphatic rings. The molecule has 0 saturated carbocycles. The van der Waals surface area contributed by atoms with Crippen molar-refractivity contribution in [2.45, 2.75) is 19.3 Å². The molecule has 5 rings (SSSR count). The quantitative estimate of drug-likeness (QED) is 0.285. The molecule has 0 bridgehead atoms. The Labute approximate surface area is 222 Å². The van der Waals surface area contributed by atoms with Crippen LogP contribution in [0.2, 0.25) is 0 Å². The molecule has 0 saturated heterocycles. The van der Waals surface area contributed by atoms with Crippen LogP contribution in [0.5, 0.6) is 11.5 Å². The van der Waals surface area contributed by atoms with Crippen molar-refractivity contribution in [1.82, 2.24) is 0 Å². The molecule has 0 aliphatic carbocycles. The zero-order valence-corrected chi connectivity index (χ0v) is 21.3. The van der Waals surface area contributed by atoms with Gasteiger partial charge in [-0.05, 0) is 54.8 Å². The number of hydrogen-bond donors (Lipinski definition) is 1. The van der Waals surface area contributed by atoms with E-state index >= 15 is 0 Å². The number of anilines is 2. The van der Waals surface area contributed by atoms with Gasteiger partial charge in [-0.15, -0.1) is 0 Å². The van der Waals surface area contributed by atoms with E-state index in [1.54, 1.807) is 23.1 Å². The minimum Gasteiger partial charge on any atom is -0.494 e. The highest BCUT2D eigenvalue weighted by Crippen LogP contribution is 2.35. The van der Waals surface area contributed by atoms with E-state index in [0.29, 0.717) is 36.7 Å². The predicted octanol–water partition coefficient (Wildman–Crippen LogP) is 5.96. The van der Waals surface area contributed by atoms with Crippen molar-refractivity contribution in [2.24, 2.45) is 0 Å². The van der Waals surface area contributed by atoms with E-state index in [2.05, 4.69) is 5.32 Å². The van der Waals surface area contributed by atoms with Crippen molar-refractivity contribution in [2.75, 3.05) is 30.0 Å². The van der Waals surface area contributed by atoms with Crippen LogP contribution in [0.3, 0.4) is 0 Å². The molecule has 0 fully saturated rings. The van der Waals surface area contributed by atoms with E-state index in [-0.39, 0.29) is 18.4 Å². The summed E-state index contributed by atoms with van der Waals surface area (Å²) >= 11 is 0. The number of amides is 2. The summed E-state index contributed by atoms with van der Waals surface area (Å²) in [5.74, 6) is 0.679. The molecular weight excluding hydrogens is 476 g/mol. The summed E-state index contributed by atoms with van der Waals surface area (Å²) in [7, 11) is 0. The van der Waals surface area contributed by atoms with Gasteiger partial charge in [0.15, 0.2) is 6.61 Å². The average Bonchev–Trinajstić information content (AvgIpc) is 2.94. The summed E-state index contributed by atoms with van der Waals surface area (Å²) in [6, 6.07) is 32.7. The fourth-order valence-corrected chi connectivity index (χ4v) is 4.57. The van der Waals surface area contributed by atoms with Gasteiger partial charge in [-0.25, -0.2) is 0 Å². The molecule has 6 heteroatoms. The molecular formula is C32H30N2O4. The lowest BCUT2D eigenvalue weighted by Crippen LogP contribution is -2.40. The highest BCUT2D eigenvalue weighted by molar-refractivity contribution is 6.01. The van der Waals surface area contributed by atoms with Gasteiger partial charge >= 0.3 is 0 Å². The van der Waals surface area contributed by atoms with Gasteiger partial charge in [-0.1, -0.05) is 78.4 Å². The van der Waals surface area contributed by atoms with Gasteiger partial charge < -0.3 is 19.7 Å². The number of nitrogens with zero attached hydrogens (tertiary/aromatic N) is 1. The van der Waals surface area contributed by atoms with Crippen molar-refractivity contribution < 1.29 is 19.1 Å². The summed E-state index contributed by atoms with van der Waals surface area (Å²) in [4.78, 5) is 28.0. The molecule has 1 N–H and O–H groups in total. The topological polar surface area (TPSA) is 67.9 Å². The largest absolute Gasteiger partial charge is 0.494 e. The standard InChI is InChI=1S/C32H30N2O4/c1-23-13-16-27(17-14-23)37-20-8-19-34-28-21-26(15-18-29(28)38-22-30(34)35)33-32(36)31(24-9-4-2-5-10-24)25-11-6-3-7-12-25/h2-7,9-18,21,31H,8,19-20,22H2,1H3,(H,33,36). The number of rotatable bonds is 9. The maximum atomic E-state index is 13.6. The SMILES string of the molecule is Cc1ccc(OCCCN2C(=O)COc3ccc(NC(=O)C(c4ccccc4)c4ccccc4)cc32)cc1. The number of nitrogens with one attached hydrogen (secondary N) is 1. The lowest BCUT2D eigenvalue weighted by molar-refractivity contribution is -0.121. The molecule has 1 heterocycles. The smallest absolute Gasteiger partial charge is 0.265 e. The molecule has 0 aromatic heterocycles. The van der Waals surface area contributed by atoms with Gasteiger partial charge in [-0.2, -0.15) is 0 Å². The molecule has 4 aromatic rings. The molecule has 0 spiro atoms. The molecule has 1 aliphatic heterocycles. The molecule has 38 heavy (non-hydrogen) atoms. The van der Waals surface area contributed by atoms with Gasteiger partial charge in [0.05, 0.1) is 18.2 Å².